The molecule has 20 heavy (non-hydrogen) atoms. The van der Waals surface area contributed by atoms with E-state index >= 15 is 0 Å². The fourth-order valence-electron chi connectivity index (χ4n) is 2.32. The molecule has 0 radical (unpaired) electrons. The monoisotopic (exact) mass is 279 g/mol. The first-order valence-corrected chi connectivity index (χ1v) is 7.05. The van der Waals surface area contributed by atoms with Crippen LogP contribution in [0.2, 0.25) is 0 Å². The lowest BCUT2D eigenvalue weighted by Gasteiger charge is -2.31. The smallest absolute Gasteiger partial charge is 0.256 e. The third-order valence-electron chi connectivity index (χ3n) is 3.49. The first-order chi connectivity index (χ1) is 9.69. The maximum atomic E-state index is 12.8. The van der Waals surface area contributed by atoms with Crippen molar-refractivity contribution in [2.45, 2.75) is 32.7 Å². The minimum atomic E-state index is -0.00991. The van der Waals surface area contributed by atoms with Gasteiger partial charge >= 0.3 is 0 Å². The fraction of sp³-hybridized carbons (Fsp3) is 0.533. The molecule has 5 nitrogen and oxygen atoms in total. The van der Waals surface area contributed by atoms with Crippen molar-refractivity contribution < 1.29 is 9.53 Å². The molecular weight excluding hydrogens is 254 g/mol. The van der Waals surface area contributed by atoms with Gasteiger partial charge in [0, 0.05) is 19.7 Å². The second kappa shape index (κ2) is 8.55. The van der Waals surface area contributed by atoms with E-state index in [1.807, 2.05) is 17.0 Å². The Balaban J connectivity index is 3.02. The molecular formula is C15H25N3O2. The summed E-state index contributed by atoms with van der Waals surface area (Å²) in [5.74, 6) is 5.47. The summed E-state index contributed by atoms with van der Waals surface area (Å²) in [6.45, 7) is 5.30. The van der Waals surface area contributed by atoms with E-state index in [9.17, 15) is 4.79 Å². The summed E-state index contributed by atoms with van der Waals surface area (Å²) >= 11 is 0. The Labute approximate surface area is 121 Å². The van der Waals surface area contributed by atoms with Gasteiger partial charge in [0.15, 0.2) is 0 Å². The van der Waals surface area contributed by atoms with Crippen LogP contribution in [0.25, 0.3) is 0 Å². The number of nitrogens with two attached hydrogens (primary N) is 1. The number of hydrogen-bond donors (Lipinski definition) is 2. The van der Waals surface area contributed by atoms with Gasteiger partial charge in [-0.05, 0) is 25.0 Å². The lowest BCUT2D eigenvalue weighted by Crippen LogP contribution is -2.42. The van der Waals surface area contributed by atoms with E-state index in [0.29, 0.717) is 24.4 Å². The molecule has 0 aliphatic carbocycles. The third-order valence-corrected chi connectivity index (χ3v) is 3.49. The van der Waals surface area contributed by atoms with E-state index in [1.165, 1.54) is 0 Å². The summed E-state index contributed by atoms with van der Waals surface area (Å²) < 4.78 is 5.12. The van der Waals surface area contributed by atoms with Gasteiger partial charge in [0.25, 0.3) is 5.91 Å². The van der Waals surface area contributed by atoms with Crippen LogP contribution in [-0.4, -0.2) is 37.1 Å². The zero-order valence-corrected chi connectivity index (χ0v) is 12.6. The number of anilines is 1. The summed E-state index contributed by atoms with van der Waals surface area (Å²) in [7, 11) is 1.64. The fourth-order valence-corrected chi connectivity index (χ4v) is 2.32. The van der Waals surface area contributed by atoms with Crippen LogP contribution >= 0.6 is 0 Å². The van der Waals surface area contributed by atoms with Gasteiger partial charge in [0.05, 0.1) is 17.9 Å². The lowest BCUT2D eigenvalue weighted by atomic mass is 10.1. The third kappa shape index (κ3) is 3.95. The van der Waals surface area contributed by atoms with Crippen molar-refractivity contribution >= 4 is 11.6 Å². The molecule has 1 aromatic carbocycles. The van der Waals surface area contributed by atoms with Crippen molar-refractivity contribution in [1.82, 2.24) is 4.90 Å². The molecule has 5 heteroatoms. The standard InChI is InChI=1S/C15H25N3O2/c1-4-12(5-2)18(10-11-20-3)15(19)13-8-6-7-9-14(13)17-16/h6-9,12,17H,4-5,10-11,16H2,1-3H3. The van der Waals surface area contributed by atoms with Gasteiger partial charge in [-0.1, -0.05) is 26.0 Å². The number of hydrazine groups is 1. The number of nitrogens with zero attached hydrogens (tertiary/aromatic N) is 1. The number of nitrogens with one attached hydrogen (secondary N) is 1. The van der Waals surface area contributed by atoms with Crippen LogP contribution in [0.1, 0.15) is 37.0 Å². The Morgan fingerprint density at radius 2 is 2.00 bits per heavy atom. The molecule has 0 aliphatic rings. The summed E-state index contributed by atoms with van der Waals surface area (Å²) in [5, 5.41) is 0. The van der Waals surface area contributed by atoms with Crippen LogP contribution in [0.5, 0.6) is 0 Å². The van der Waals surface area contributed by atoms with Gasteiger partial charge in [-0.3, -0.25) is 10.6 Å². The quantitative estimate of drug-likeness (QED) is 0.566. The Bertz CT molecular complexity index is 419. The predicted molar refractivity (Wildman–Crippen MR) is 81.5 cm³/mol. The van der Waals surface area contributed by atoms with E-state index in [4.69, 9.17) is 10.6 Å². The molecule has 0 atom stereocenters. The highest BCUT2D eigenvalue weighted by atomic mass is 16.5. The first-order valence-electron chi connectivity index (χ1n) is 7.05. The van der Waals surface area contributed by atoms with Crippen LogP contribution in [-0.2, 0) is 4.74 Å². The molecule has 0 saturated carbocycles. The van der Waals surface area contributed by atoms with Crippen LogP contribution in [0.3, 0.4) is 0 Å². The second-order valence-corrected chi connectivity index (χ2v) is 4.65. The number of hydrogen-bond acceptors (Lipinski definition) is 4. The summed E-state index contributed by atoms with van der Waals surface area (Å²) in [6, 6.07) is 7.50. The van der Waals surface area contributed by atoms with Gasteiger partial charge < -0.3 is 15.1 Å². The number of carbonyl (C=O) groups excluding carboxylic acids is 1. The maximum absolute atomic E-state index is 12.8. The number of methoxy groups -OCH3 is 1. The van der Waals surface area contributed by atoms with Crippen molar-refractivity contribution in [3.63, 3.8) is 0 Å². The number of carbonyl (C=O) groups is 1. The number of amides is 1. The highest BCUT2D eigenvalue weighted by molar-refractivity contribution is 5.99. The summed E-state index contributed by atoms with van der Waals surface area (Å²) in [4.78, 5) is 14.6. The van der Waals surface area contributed by atoms with Crippen molar-refractivity contribution in [2.75, 3.05) is 25.7 Å². The van der Waals surface area contributed by atoms with Crippen LogP contribution in [0, 0.1) is 0 Å². The first kappa shape index (κ1) is 16.5. The molecule has 1 aromatic rings. The number of rotatable bonds is 8. The molecule has 1 amide bonds. The second-order valence-electron chi connectivity index (χ2n) is 4.65. The van der Waals surface area contributed by atoms with Crippen LogP contribution in [0.4, 0.5) is 5.69 Å². The van der Waals surface area contributed by atoms with Crippen molar-refractivity contribution in [3.8, 4) is 0 Å². The maximum Gasteiger partial charge on any atom is 0.256 e. The van der Waals surface area contributed by atoms with Crippen LogP contribution in [0.15, 0.2) is 24.3 Å². The normalized spacial score (nSPS) is 10.7. The SMILES string of the molecule is CCC(CC)N(CCOC)C(=O)c1ccccc1NN. The van der Waals surface area contributed by atoms with E-state index in [0.717, 1.165) is 12.8 Å². The number of ether oxygens (including phenoxy) is 1. The van der Waals surface area contributed by atoms with Gasteiger partial charge in [0.1, 0.15) is 0 Å². The number of para-hydroxylation sites is 1. The number of benzene rings is 1. The Kier molecular flexibility index (Phi) is 7.04. The van der Waals surface area contributed by atoms with Gasteiger partial charge in [-0.15, -0.1) is 0 Å². The topological polar surface area (TPSA) is 67.6 Å². The summed E-state index contributed by atoms with van der Waals surface area (Å²) in [6.07, 6.45) is 1.84. The minimum Gasteiger partial charge on any atom is -0.383 e. The molecule has 1 rings (SSSR count). The van der Waals surface area contributed by atoms with Crippen molar-refractivity contribution in [2.24, 2.45) is 5.84 Å². The van der Waals surface area contributed by atoms with E-state index in [2.05, 4.69) is 19.3 Å². The highest BCUT2D eigenvalue weighted by Gasteiger charge is 2.23. The molecule has 0 saturated heterocycles. The molecule has 0 spiro atoms. The zero-order valence-electron chi connectivity index (χ0n) is 12.6. The van der Waals surface area contributed by atoms with Crippen LogP contribution < -0.4 is 11.3 Å². The Morgan fingerprint density at radius 1 is 1.35 bits per heavy atom. The molecule has 0 unspecified atom stereocenters. The summed E-state index contributed by atoms with van der Waals surface area (Å²) in [5.41, 5.74) is 3.82. The average Bonchev–Trinajstić information content (AvgIpc) is 2.50. The molecule has 112 valence electrons. The molecule has 0 bridgehead atoms. The largest absolute Gasteiger partial charge is 0.383 e. The minimum absolute atomic E-state index is 0.00991. The predicted octanol–water partition coefficient (Wildman–Crippen LogP) is 2.25. The molecule has 0 heterocycles. The van der Waals surface area contributed by atoms with E-state index < -0.39 is 0 Å². The van der Waals surface area contributed by atoms with Crippen molar-refractivity contribution in [3.05, 3.63) is 29.8 Å². The molecule has 3 N–H and O–H groups in total. The van der Waals surface area contributed by atoms with Gasteiger partial charge in [-0.2, -0.15) is 0 Å². The number of nitrogen functional groups attached to an aromatic ring is 1. The van der Waals surface area contributed by atoms with E-state index in [1.54, 1.807) is 19.2 Å². The van der Waals surface area contributed by atoms with Crippen molar-refractivity contribution in [1.29, 1.82) is 0 Å². The molecule has 0 aliphatic heterocycles. The average molecular weight is 279 g/mol. The van der Waals surface area contributed by atoms with Gasteiger partial charge in [0.2, 0.25) is 0 Å². The highest BCUT2D eigenvalue weighted by Crippen LogP contribution is 2.19. The Morgan fingerprint density at radius 3 is 2.55 bits per heavy atom. The Hall–Kier alpha value is -1.59. The lowest BCUT2D eigenvalue weighted by molar-refractivity contribution is 0.0590. The molecule has 0 fully saturated rings. The zero-order chi connectivity index (χ0) is 15.0. The van der Waals surface area contributed by atoms with Gasteiger partial charge in [-0.25, -0.2) is 0 Å². The van der Waals surface area contributed by atoms with E-state index in [-0.39, 0.29) is 11.9 Å². The molecule has 0 aromatic heterocycles.